The Morgan fingerprint density at radius 2 is 1.37 bits per heavy atom. The molecule has 0 aliphatic rings. The Labute approximate surface area is 178 Å². The van der Waals surface area contributed by atoms with Crippen molar-refractivity contribution in [2.24, 2.45) is 0 Å². The van der Waals surface area contributed by atoms with E-state index >= 15 is 0 Å². The van der Waals surface area contributed by atoms with Gasteiger partial charge >= 0.3 is 18.9 Å². The van der Waals surface area contributed by atoms with Gasteiger partial charge in [-0.15, -0.1) is 0 Å². The summed E-state index contributed by atoms with van der Waals surface area (Å²) in [5, 5.41) is 10.3. The van der Waals surface area contributed by atoms with Crippen molar-refractivity contribution in [3.63, 3.8) is 0 Å². The Morgan fingerprint density at radius 1 is 0.815 bits per heavy atom. The molecule has 1 rings (SSSR count). The Kier molecular flexibility index (Phi) is 19.0. The predicted octanol–water partition coefficient (Wildman–Crippen LogP) is 2.40. The average molecular weight is 365 g/mol. The second kappa shape index (κ2) is 19.7. The van der Waals surface area contributed by atoms with Crippen molar-refractivity contribution in [2.75, 3.05) is 0 Å². The normalized spacial score (nSPS) is 10.8. The molecule has 146 valence electrons. The molecule has 0 unspecified atom stereocenters. The van der Waals surface area contributed by atoms with Crippen LogP contribution >= 0.6 is 0 Å². The molecule has 0 amide bonds. The minimum Gasteiger partial charge on any atom is -0.550 e. The molecule has 0 aliphatic heterocycles. The van der Waals surface area contributed by atoms with Crippen LogP contribution in [-0.2, 0) is 11.2 Å². The van der Waals surface area contributed by atoms with Gasteiger partial charge in [0.05, 0.1) is 0 Å². The Morgan fingerprint density at radius 3 is 1.93 bits per heavy atom. The Hall–Kier alpha value is -1.04. The van der Waals surface area contributed by atoms with Crippen LogP contribution in [-0.4, -0.2) is 11.0 Å². The molecule has 0 fully saturated rings. The van der Waals surface area contributed by atoms with Crippen LogP contribution in [0.25, 0.3) is 0 Å². The standard InChI is InChI=1S/C23H37NO2.Li/c25-23(26)20-15-13-11-9-7-5-3-1-2-4-6-8-10-12-14-18-22-19-16-17-21-24-22;/h1,3,16-17,19,21H,2,4-15,18,20H2,(H,25,26);/q;+1/p-1/b3-1-;. The van der Waals surface area contributed by atoms with Crippen LogP contribution in [0.1, 0.15) is 95.6 Å². The summed E-state index contributed by atoms with van der Waals surface area (Å²) < 4.78 is 0. The number of aliphatic carboxylic acids is 1. The third kappa shape index (κ3) is 18.1. The number of carbonyl (C=O) groups is 1. The maximum absolute atomic E-state index is 10.3. The quantitative estimate of drug-likeness (QED) is 0.242. The van der Waals surface area contributed by atoms with Gasteiger partial charge in [0.2, 0.25) is 0 Å². The molecule has 0 radical (unpaired) electrons. The van der Waals surface area contributed by atoms with Gasteiger partial charge in [0.15, 0.2) is 0 Å². The predicted molar refractivity (Wildman–Crippen MR) is 107 cm³/mol. The molecule has 0 saturated carbocycles. The van der Waals surface area contributed by atoms with Gasteiger partial charge in [-0.25, -0.2) is 0 Å². The zero-order valence-corrected chi connectivity index (χ0v) is 17.3. The van der Waals surface area contributed by atoms with Gasteiger partial charge in [-0.2, -0.15) is 0 Å². The minimum absolute atomic E-state index is 0. The summed E-state index contributed by atoms with van der Waals surface area (Å²) in [6, 6.07) is 6.15. The van der Waals surface area contributed by atoms with E-state index in [0.29, 0.717) is 0 Å². The van der Waals surface area contributed by atoms with Gasteiger partial charge in [0.25, 0.3) is 0 Å². The smallest absolute Gasteiger partial charge is 0.550 e. The molecule has 1 aromatic rings. The van der Waals surface area contributed by atoms with E-state index in [9.17, 15) is 9.90 Å². The van der Waals surface area contributed by atoms with E-state index in [2.05, 4.69) is 29.3 Å². The van der Waals surface area contributed by atoms with Crippen LogP contribution in [0.5, 0.6) is 0 Å². The van der Waals surface area contributed by atoms with E-state index in [0.717, 1.165) is 32.1 Å². The van der Waals surface area contributed by atoms with Crippen molar-refractivity contribution in [2.45, 2.75) is 96.3 Å². The van der Waals surface area contributed by atoms with Gasteiger partial charge in [-0.3, -0.25) is 4.98 Å². The fourth-order valence-electron chi connectivity index (χ4n) is 3.12. The van der Waals surface area contributed by atoms with Crippen LogP contribution in [0.4, 0.5) is 0 Å². The number of unbranched alkanes of at least 4 members (excludes halogenated alkanes) is 11. The topological polar surface area (TPSA) is 53.0 Å². The first-order chi connectivity index (χ1) is 12.8. The van der Waals surface area contributed by atoms with E-state index < -0.39 is 5.97 Å². The number of hydrogen-bond donors (Lipinski definition) is 0. The summed E-state index contributed by atoms with van der Waals surface area (Å²) in [4.78, 5) is 14.6. The molecule has 1 heterocycles. The molecule has 0 aromatic carbocycles. The van der Waals surface area contributed by atoms with Crippen molar-refractivity contribution < 1.29 is 28.8 Å². The number of carboxylic acids is 1. The number of nitrogens with zero attached hydrogens (tertiary/aromatic N) is 1. The van der Waals surface area contributed by atoms with E-state index in [1.807, 2.05) is 12.3 Å². The molecule has 4 heteroatoms. The van der Waals surface area contributed by atoms with Gasteiger partial charge in [0.1, 0.15) is 0 Å². The van der Waals surface area contributed by atoms with Crippen molar-refractivity contribution in [1.29, 1.82) is 0 Å². The first-order valence-corrected chi connectivity index (χ1v) is 10.5. The van der Waals surface area contributed by atoms with Crippen molar-refractivity contribution in [3.05, 3.63) is 42.2 Å². The van der Waals surface area contributed by atoms with Crippen molar-refractivity contribution in [1.82, 2.24) is 4.98 Å². The Balaban J connectivity index is 0.00000676. The molecule has 0 atom stereocenters. The molecular weight excluding hydrogens is 329 g/mol. The van der Waals surface area contributed by atoms with Gasteiger partial charge in [-0.05, 0) is 63.5 Å². The molecule has 3 nitrogen and oxygen atoms in total. The maximum Gasteiger partial charge on any atom is 1.00 e. The third-order valence-electron chi connectivity index (χ3n) is 4.70. The SMILES string of the molecule is O=C([O-])CCCCCCC/C=C\CCCCCCCCc1ccccn1.[Li+]. The third-order valence-corrected chi connectivity index (χ3v) is 4.70. The fourth-order valence-corrected chi connectivity index (χ4v) is 3.12. The molecule has 0 N–H and O–H groups in total. The summed E-state index contributed by atoms with van der Waals surface area (Å²) in [6.07, 6.45) is 23.5. The summed E-state index contributed by atoms with van der Waals surface area (Å²) >= 11 is 0. The summed E-state index contributed by atoms with van der Waals surface area (Å²) in [5.41, 5.74) is 1.22. The summed E-state index contributed by atoms with van der Waals surface area (Å²) in [5.74, 6) is -0.919. The molecule has 0 saturated heterocycles. The maximum atomic E-state index is 10.3. The van der Waals surface area contributed by atoms with Gasteiger partial charge < -0.3 is 9.90 Å². The van der Waals surface area contributed by atoms with E-state index in [4.69, 9.17) is 0 Å². The monoisotopic (exact) mass is 365 g/mol. The number of aromatic nitrogens is 1. The second-order valence-corrected chi connectivity index (χ2v) is 7.13. The van der Waals surface area contributed by atoms with Crippen molar-refractivity contribution in [3.8, 4) is 0 Å². The fraction of sp³-hybridized carbons (Fsp3) is 0.652. The average Bonchev–Trinajstić information content (AvgIpc) is 2.65. The minimum atomic E-state index is -0.919. The van der Waals surface area contributed by atoms with Crippen LogP contribution in [0.3, 0.4) is 0 Å². The first kappa shape index (κ1) is 26.0. The van der Waals surface area contributed by atoms with Crippen LogP contribution in [0.15, 0.2) is 36.5 Å². The number of aryl methyl sites for hydroxylation is 1. The zero-order valence-electron chi connectivity index (χ0n) is 17.3. The largest absolute Gasteiger partial charge is 1.00 e. The van der Waals surface area contributed by atoms with E-state index in [-0.39, 0.29) is 25.3 Å². The molecule has 0 spiro atoms. The second-order valence-electron chi connectivity index (χ2n) is 7.13. The number of pyridine rings is 1. The number of carbonyl (C=O) groups excluding carboxylic acids is 1. The molecule has 0 aliphatic carbocycles. The number of allylic oxidation sites excluding steroid dienone is 2. The number of carboxylic acid groups (broad SMARTS) is 1. The molecule has 27 heavy (non-hydrogen) atoms. The summed E-state index contributed by atoms with van der Waals surface area (Å²) in [6.45, 7) is 0. The van der Waals surface area contributed by atoms with Crippen molar-refractivity contribution >= 4 is 5.97 Å². The van der Waals surface area contributed by atoms with E-state index in [1.54, 1.807) is 0 Å². The molecular formula is C23H36LiNO2. The van der Waals surface area contributed by atoms with Gasteiger partial charge in [0, 0.05) is 17.9 Å². The number of rotatable bonds is 17. The first-order valence-electron chi connectivity index (χ1n) is 10.5. The van der Waals surface area contributed by atoms with Gasteiger partial charge in [-0.1, -0.05) is 63.2 Å². The van der Waals surface area contributed by atoms with Crippen LogP contribution in [0, 0.1) is 0 Å². The van der Waals surface area contributed by atoms with Crippen LogP contribution < -0.4 is 24.0 Å². The zero-order chi connectivity index (χ0) is 18.7. The molecule has 1 aromatic heterocycles. The van der Waals surface area contributed by atoms with Crippen LogP contribution in [0.2, 0.25) is 0 Å². The summed E-state index contributed by atoms with van der Waals surface area (Å²) in [7, 11) is 0. The Bertz CT molecular complexity index is 477. The number of hydrogen-bond acceptors (Lipinski definition) is 3. The van der Waals surface area contributed by atoms with E-state index in [1.165, 1.54) is 63.5 Å². The molecule has 0 bridgehead atoms.